The highest BCUT2D eigenvalue weighted by Gasteiger charge is 2.39. The molecular formula is C15H18O2. The topological polar surface area (TPSA) is 34.1 Å². The highest BCUT2D eigenvalue weighted by atomic mass is 16.2. The summed E-state index contributed by atoms with van der Waals surface area (Å²) >= 11 is 0. The highest BCUT2D eigenvalue weighted by Crippen LogP contribution is 2.34. The molecule has 1 aliphatic carbocycles. The van der Waals surface area contributed by atoms with Gasteiger partial charge < -0.3 is 0 Å². The van der Waals surface area contributed by atoms with Crippen molar-refractivity contribution in [2.45, 2.75) is 33.1 Å². The van der Waals surface area contributed by atoms with Crippen molar-refractivity contribution in [1.29, 1.82) is 0 Å². The molecule has 0 aliphatic heterocycles. The van der Waals surface area contributed by atoms with E-state index in [9.17, 15) is 9.59 Å². The highest BCUT2D eigenvalue weighted by molar-refractivity contribution is 6.05. The first kappa shape index (κ1) is 12.0. The van der Waals surface area contributed by atoms with Crippen LogP contribution in [-0.2, 0) is 16.0 Å². The summed E-state index contributed by atoms with van der Waals surface area (Å²) in [5, 5.41) is 0. The van der Waals surface area contributed by atoms with Crippen LogP contribution in [0.2, 0.25) is 0 Å². The third-order valence-electron chi connectivity index (χ3n) is 3.37. The first-order valence-corrected chi connectivity index (χ1v) is 6.07. The van der Waals surface area contributed by atoms with Crippen LogP contribution in [0.3, 0.4) is 0 Å². The number of benzene rings is 1. The van der Waals surface area contributed by atoms with Crippen molar-refractivity contribution >= 4 is 11.6 Å². The number of rotatable bonds is 2. The van der Waals surface area contributed by atoms with Gasteiger partial charge in [-0.1, -0.05) is 44.2 Å². The predicted octanol–water partition coefficient (Wildman–Crippen LogP) is 2.80. The van der Waals surface area contributed by atoms with Crippen molar-refractivity contribution in [3.05, 3.63) is 35.9 Å². The largest absolute Gasteiger partial charge is 0.299 e. The third-order valence-corrected chi connectivity index (χ3v) is 3.37. The normalized spacial score (nSPS) is 20.6. The zero-order valence-corrected chi connectivity index (χ0v) is 10.4. The summed E-state index contributed by atoms with van der Waals surface area (Å²) < 4.78 is 0. The number of ketones is 2. The van der Waals surface area contributed by atoms with Crippen LogP contribution in [0, 0.1) is 11.3 Å². The second-order valence-corrected chi connectivity index (χ2v) is 5.69. The van der Waals surface area contributed by atoms with E-state index in [1.807, 2.05) is 44.2 Å². The van der Waals surface area contributed by atoms with Gasteiger partial charge in [-0.2, -0.15) is 0 Å². The Balaban J connectivity index is 2.12. The van der Waals surface area contributed by atoms with Gasteiger partial charge in [0.15, 0.2) is 0 Å². The van der Waals surface area contributed by atoms with Gasteiger partial charge in [-0.3, -0.25) is 9.59 Å². The first-order chi connectivity index (χ1) is 7.98. The van der Waals surface area contributed by atoms with E-state index in [2.05, 4.69) is 0 Å². The fourth-order valence-electron chi connectivity index (χ4n) is 2.51. The van der Waals surface area contributed by atoms with Gasteiger partial charge in [-0.25, -0.2) is 0 Å². The van der Waals surface area contributed by atoms with Crippen LogP contribution in [0.5, 0.6) is 0 Å². The minimum absolute atomic E-state index is 0.107. The van der Waals surface area contributed by atoms with Crippen molar-refractivity contribution in [3.63, 3.8) is 0 Å². The van der Waals surface area contributed by atoms with Crippen molar-refractivity contribution in [1.82, 2.24) is 0 Å². The maximum absolute atomic E-state index is 12.0. The van der Waals surface area contributed by atoms with E-state index in [0.29, 0.717) is 19.3 Å². The molecular weight excluding hydrogens is 212 g/mol. The second kappa shape index (κ2) is 4.44. The molecule has 0 amide bonds. The van der Waals surface area contributed by atoms with Crippen molar-refractivity contribution in [2.24, 2.45) is 11.3 Å². The Bertz CT molecular complexity index is 411. The summed E-state index contributed by atoms with van der Waals surface area (Å²) in [5.74, 6) is -0.198. The summed E-state index contributed by atoms with van der Waals surface area (Å²) in [6.45, 7) is 3.98. The number of carbonyl (C=O) groups excluding carboxylic acids is 2. The summed E-state index contributed by atoms with van der Waals surface area (Å²) in [5.41, 5.74) is 0.917. The molecule has 0 N–H and O–H groups in total. The molecule has 0 atom stereocenters. The van der Waals surface area contributed by atoms with Crippen molar-refractivity contribution in [2.75, 3.05) is 0 Å². The lowest BCUT2D eigenvalue weighted by atomic mass is 9.70. The number of hydrogen-bond donors (Lipinski definition) is 0. The quantitative estimate of drug-likeness (QED) is 0.732. The first-order valence-electron chi connectivity index (χ1n) is 6.07. The maximum Gasteiger partial charge on any atom is 0.144 e. The molecule has 0 unspecified atom stereocenters. The molecule has 1 saturated carbocycles. The Labute approximate surface area is 102 Å². The Morgan fingerprint density at radius 2 is 1.59 bits per heavy atom. The summed E-state index contributed by atoms with van der Waals surface area (Å²) in [7, 11) is 0. The van der Waals surface area contributed by atoms with Gasteiger partial charge >= 0.3 is 0 Å². The van der Waals surface area contributed by atoms with Gasteiger partial charge in [-0.05, 0) is 17.4 Å². The molecule has 1 aromatic rings. The average molecular weight is 230 g/mol. The third kappa shape index (κ3) is 2.82. The Kier molecular flexibility index (Phi) is 3.14. The zero-order chi connectivity index (χ0) is 12.5. The van der Waals surface area contributed by atoms with E-state index in [-0.39, 0.29) is 17.0 Å². The minimum Gasteiger partial charge on any atom is -0.299 e. The molecule has 0 bridgehead atoms. The Morgan fingerprint density at radius 1 is 1.06 bits per heavy atom. The van der Waals surface area contributed by atoms with Crippen LogP contribution in [0.15, 0.2) is 30.3 Å². The molecule has 0 saturated heterocycles. The lowest BCUT2D eigenvalue weighted by Gasteiger charge is -2.32. The fraction of sp³-hybridized carbons (Fsp3) is 0.467. The minimum atomic E-state index is -0.412. The fourth-order valence-corrected chi connectivity index (χ4v) is 2.51. The van der Waals surface area contributed by atoms with E-state index in [1.165, 1.54) is 0 Å². The molecule has 2 nitrogen and oxygen atoms in total. The average Bonchev–Trinajstić information content (AvgIpc) is 2.24. The van der Waals surface area contributed by atoms with Crippen molar-refractivity contribution in [3.8, 4) is 0 Å². The summed E-state index contributed by atoms with van der Waals surface area (Å²) in [6.07, 6.45) is 1.61. The molecule has 0 aromatic heterocycles. The Morgan fingerprint density at radius 3 is 2.12 bits per heavy atom. The van der Waals surface area contributed by atoms with E-state index in [1.54, 1.807) is 0 Å². The van der Waals surface area contributed by atoms with Crippen LogP contribution < -0.4 is 0 Å². The van der Waals surface area contributed by atoms with Crippen LogP contribution in [0.4, 0.5) is 0 Å². The molecule has 2 rings (SSSR count). The molecule has 17 heavy (non-hydrogen) atoms. The smallest absolute Gasteiger partial charge is 0.144 e. The van der Waals surface area contributed by atoms with Crippen LogP contribution in [0.1, 0.15) is 32.3 Å². The van der Waals surface area contributed by atoms with E-state index in [4.69, 9.17) is 0 Å². The maximum atomic E-state index is 12.0. The summed E-state index contributed by atoms with van der Waals surface area (Å²) in [6, 6.07) is 9.77. The lowest BCUT2D eigenvalue weighted by molar-refractivity contribution is -0.139. The van der Waals surface area contributed by atoms with Gasteiger partial charge in [-0.15, -0.1) is 0 Å². The standard InChI is InChI=1S/C15H18O2/c1-15(2)9-13(16)12(14(17)10-15)8-11-6-4-3-5-7-11/h3-7,12H,8-10H2,1-2H3. The molecule has 90 valence electrons. The van der Waals surface area contributed by atoms with E-state index < -0.39 is 5.92 Å². The van der Waals surface area contributed by atoms with Gasteiger partial charge in [0.1, 0.15) is 11.6 Å². The van der Waals surface area contributed by atoms with Crippen molar-refractivity contribution < 1.29 is 9.59 Å². The molecule has 1 fully saturated rings. The monoisotopic (exact) mass is 230 g/mol. The molecule has 0 heterocycles. The van der Waals surface area contributed by atoms with Crippen LogP contribution in [0.25, 0.3) is 0 Å². The SMILES string of the molecule is CC1(C)CC(=O)C(Cc2ccccc2)C(=O)C1. The van der Waals surface area contributed by atoms with Gasteiger partial charge in [0.05, 0.1) is 5.92 Å². The van der Waals surface area contributed by atoms with Crippen LogP contribution in [-0.4, -0.2) is 11.6 Å². The Hall–Kier alpha value is -1.44. The molecule has 0 spiro atoms. The lowest BCUT2D eigenvalue weighted by Crippen LogP contribution is -2.38. The molecule has 1 aliphatic rings. The van der Waals surface area contributed by atoms with Gasteiger partial charge in [0, 0.05) is 12.8 Å². The van der Waals surface area contributed by atoms with Gasteiger partial charge in [0.2, 0.25) is 0 Å². The molecule has 2 heteroatoms. The zero-order valence-electron chi connectivity index (χ0n) is 10.4. The van der Waals surface area contributed by atoms with E-state index in [0.717, 1.165) is 5.56 Å². The predicted molar refractivity (Wildman–Crippen MR) is 66.7 cm³/mol. The number of carbonyl (C=O) groups is 2. The molecule has 1 aromatic carbocycles. The number of Topliss-reactive ketones (excluding diaryl/α,β-unsaturated/α-hetero) is 2. The van der Waals surface area contributed by atoms with Crippen LogP contribution >= 0.6 is 0 Å². The number of hydrogen-bond acceptors (Lipinski definition) is 2. The van der Waals surface area contributed by atoms with Gasteiger partial charge in [0.25, 0.3) is 0 Å². The van der Waals surface area contributed by atoms with E-state index >= 15 is 0 Å². The molecule has 0 radical (unpaired) electrons. The second-order valence-electron chi connectivity index (χ2n) is 5.69. The summed E-state index contributed by atoms with van der Waals surface area (Å²) in [4.78, 5) is 24.0.